The molecule has 0 aliphatic rings. The van der Waals surface area contributed by atoms with E-state index >= 15 is 0 Å². The van der Waals surface area contributed by atoms with Crippen molar-refractivity contribution in [3.63, 3.8) is 0 Å². The van der Waals surface area contributed by atoms with E-state index in [9.17, 15) is 9.59 Å². The van der Waals surface area contributed by atoms with E-state index in [1.54, 1.807) is 13.2 Å². The summed E-state index contributed by atoms with van der Waals surface area (Å²) in [6, 6.07) is 15.3. The summed E-state index contributed by atoms with van der Waals surface area (Å²) >= 11 is 0. The summed E-state index contributed by atoms with van der Waals surface area (Å²) in [5, 5.41) is 5.67. The Balaban J connectivity index is 1.60. The molecular formula is C21H26N2O3. The lowest BCUT2D eigenvalue weighted by Crippen LogP contribution is -2.31. The van der Waals surface area contributed by atoms with Crippen LogP contribution in [0.2, 0.25) is 0 Å². The number of ether oxygens (including phenoxy) is 1. The van der Waals surface area contributed by atoms with Crippen molar-refractivity contribution < 1.29 is 14.3 Å². The molecule has 2 aromatic carbocycles. The van der Waals surface area contributed by atoms with Gasteiger partial charge in [0.05, 0.1) is 7.11 Å². The molecule has 0 atom stereocenters. The van der Waals surface area contributed by atoms with Crippen molar-refractivity contribution in [1.29, 1.82) is 0 Å². The van der Waals surface area contributed by atoms with Crippen LogP contribution < -0.4 is 15.4 Å². The summed E-state index contributed by atoms with van der Waals surface area (Å²) in [6.07, 6.45) is 2.04. The Morgan fingerprint density at radius 1 is 0.962 bits per heavy atom. The van der Waals surface area contributed by atoms with Crippen LogP contribution in [0.4, 0.5) is 0 Å². The van der Waals surface area contributed by atoms with Crippen molar-refractivity contribution in [2.45, 2.75) is 26.2 Å². The fourth-order valence-corrected chi connectivity index (χ4v) is 2.61. The molecule has 0 spiro atoms. The van der Waals surface area contributed by atoms with E-state index in [1.807, 2.05) is 49.4 Å². The fourth-order valence-electron chi connectivity index (χ4n) is 2.61. The molecule has 0 unspecified atom stereocenters. The van der Waals surface area contributed by atoms with E-state index in [-0.39, 0.29) is 18.2 Å². The third-order valence-corrected chi connectivity index (χ3v) is 4.15. The van der Waals surface area contributed by atoms with Gasteiger partial charge in [-0.05, 0) is 49.1 Å². The van der Waals surface area contributed by atoms with E-state index in [1.165, 1.54) is 5.56 Å². The van der Waals surface area contributed by atoms with Crippen molar-refractivity contribution in [3.8, 4) is 5.75 Å². The second kappa shape index (κ2) is 10.2. The molecule has 0 saturated carbocycles. The SMILES string of the molecule is COc1ccc(CCCNC(=O)CCNC(=O)c2ccccc2C)cc1. The Bertz CT molecular complexity index is 726. The monoisotopic (exact) mass is 354 g/mol. The number of hydrogen-bond acceptors (Lipinski definition) is 3. The van der Waals surface area contributed by atoms with Crippen molar-refractivity contribution >= 4 is 11.8 Å². The minimum atomic E-state index is -0.143. The van der Waals surface area contributed by atoms with Crippen molar-refractivity contribution in [2.75, 3.05) is 20.2 Å². The molecule has 0 aliphatic heterocycles. The largest absolute Gasteiger partial charge is 0.497 e. The van der Waals surface area contributed by atoms with Gasteiger partial charge in [-0.15, -0.1) is 0 Å². The van der Waals surface area contributed by atoms with Crippen molar-refractivity contribution in [2.24, 2.45) is 0 Å². The smallest absolute Gasteiger partial charge is 0.251 e. The molecule has 0 radical (unpaired) electrons. The quantitative estimate of drug-likeness (QED) is 0.681. The Kier molecular flexibility index (Phi) is 7.68. The molecule has 0 aromatic heterocycles. The summed E-state index contributed by atoms with van der Waals surface area (Å²) in [5.41, 5.74) is 2.78. The van der Waals surface area contributed by atoms with E-state index in [0.29, 0.717) is 18.7 Å². The van der Waals surface area contributed by atoms with Gasteiger partial charge in [-0.3, -0.25) is 9.59 Å². The van der Waals surface area contributed by atoms with Crippen LogP contribution in [0.1, 0.15) is 34.3 Å². The number of amides is 2. The number of carbonyl (C=O) groups excluding carboxylic acids is 2. The average molecular weight is 354 g/mol. The molecule has 2 amide bonds. The second-order valence-electron chi connectivity index (χ2n) is 6.12. The molecule has 0 bridgehead atoms. The van der Waals surface area contributed by atoms with E-state index < -0.39 is 0 Å². The van der Waals surface area contributed by atoms with Gasteiger partial charge in [0, 0.05) is 25.1 Å². The van der Waals surface area contributed by atoms with Gasteiger partial charge in [-0.2, -0.15) is 0 Å². The highest BCUT2D eigenvalue weighted by atomic mass is 16.5. The van der Waals surface area contributed by atoms with Gasteiger partial charge in [0.2, 0.25) is 5.91 Å². The molecular weight excluding hydrogens is 328 g/mol. The topological polar surface area (TPSA) is 67.4 Å². The number of aryl methyl sites for hydroxylation is 2. The number of methoxy groups -OCH3 is 1. The standard InChI is InChI=1S/C21H26N2O3/c1-16-6-3-4-8-19(16)21(25)23-15-13-20(24)22-14-5-7-17-9-11-18(26-2)12-10-17/h3-4,6,8-12H,5,7,13-15H2,1-2H3,(H,22,24)(H,23,25). The minimum Gasteiger partial charge on any atom is -0.497 e. The van der Waals surface area contributed by atoms with Crippen LogP contribution in [0.3, 0.4) is 0 Å². The molecule has 0 heterocycles. The number of hydrogen-bond donors (Lipinski definition) is 2. The first-order valence-corrected chi connectivity index (χ1v) is 8.83. The summed E-state index contributed by atoms with van der Waals surface area (Å²) in [4.78, 5) is 23.9. The van der Waals surface area contributed by atoms with Crippen LogP contribution in [-0.2, 0) is 11.2 Å². The zero-order valence-electron chi connectivity index (χ0n) is 15.4. The second-order valence-corrected chi connectivity index (χ2v) is 6.12. The van der Waals surface area contributed by atoms with Crippen LogP contribution in [0.25, 0.3) is 0 Å². The third-order valence-electron chi connectivity index (χ3n) is 4.15. The lowest BCUT2D eigenvalue weighted by molar-refractivity contribution is -0.120. The summed E-state index contributed by atoms with van der Waals surface area (Å²) in [5.74, 6) is 0.648. The summed E-state index contributed by atoms with van der Waals surface area (Å²) < 4.78 is 5.13. The van der Waals surface area contributed by atoms with Crippen LogP contribution in [0.15, 0.2) is 48.5 Å². The van der Waals surface area contributed by atoms with Gasteiger partial charge < -0.3 is 15.4 Å². The fraction of sp³-hybridized carbons (Fsp3) is 0.333. The van der Waals surface area contributed by atoms with E-state index in [0.717, 1.165) is 24.2 Å². The zero-order valence-corrected chi connectivity index (χ0v) is 15.4. The number of rotatable bonds is 9. The Labute approximate surface area is 154 Å². The molecule has 5 heteroatoms. The van der Waals surface area contributed by atoms with Gasteiger partial charge in [0.25, 0.3) is 5.91 Å². The lowest BCUT2D eigenvalue weighted by atomic mass is 10.1. The maximum absolute atomic E-state index is 12.1. The molecule has 2 N–H and O–H groups in total. The third kappa shape index (κ3) is 6.24. The normalized spacial score (nSPS) is 10.2. The molecule has 5 nitrogen and oxygen atoms in total. The molecule has 2 rings (SSSR count). The Morgan fingerprint density at radius 2 is 1.69 bits per heavy atom. The summed E-state index contributed by atoms with van der Waals surface area (Å²) in [6.45, 7) is 2.85. The Hall–Kier alpha value is -2.82. The predicted molar refractivity (Wildman–Crippen MR) is 102 cm³/mol. The molecule has 0 fully saturated rings. The van der Waals surface area contributed by atoms with Crippen molar-refractivity contribution in [1.82, 2.24) is 10.6 Å². The first-order valence-electron chi connectivity index (χ1n) is 8.83. The van der Waals surface area contributed by atoms with Gasteiger partial charge in [-0.1, -0.05) is 30.3 Å². The maximum atomic E-state index is 12.1. The van der Waals surface area contributed by atoms with E-state index in [2.05, 4.69) is 10.6 Å². The molecule has 0 aliphatic carbocycles. The Morgan fingerprint density at radius 3 is 2.38 bits per heavy atom. The number of carbonyl (C=O) groups is 2. The lowest BCUT2D eigenvalue weighted by Gasteiger charge is -2.08. The highest BCUT2D eigenvalue weighted by Crippen LogP contribution is 2.12. The van der Waals surface area contributed by atoms with Crippen LogP contribution >= 0.6 is 0 Å². The highest BCUT2D eigenvalue weighted by Gasteiger charge is 2.08. The first-order chi connectivity index (χ1) is 12.6. The molecule has 138 valence electrons. The van der Waals surface area contributed by atoms with Gasteiger partial charge in [0.1, 0.15) is 5.75 Å². The predicted octanol–water partition coefficient (Wildman–Crippen LogP) is 2.87. The van der Waals surface area contributed by atoms with Crippen molar-refractivity contribution in [3.05, 3.63) is 65.2 Å². The van der Waals surface area contributed by atoms with Crippen LogP contribution in [-0.4, -0.2) is 32.0 Å². The van der Waals surface area contributed by atoms with Gasteiger partial charge >= 0.3 is 0 Å². The maximum Gasteiger partial charge on any atom is 0.251 e. The van der Waals surface area contributed by atoms with Crippen LogP contribution in [0.5, 0.6) is 5.75 Å². The average Bonchev–Trinajstić information content (AvgIpc) is 2.66. The zero-order chi connectivity index (χ0) is 18.8. The number of benzene rings is 2. The number of nitrogens with one attached hydrogen (secondary N) is 2. The van der Waals surface area contributed by atoms with Gasteiger partial charge in [-0.25, -0.2) is 0 Å². The molecule has 2 aromatic rings. The van der Waals surface area contributed by atoms with Crippen LogP contribution in [0, 0.1) is 6.92 Å². The summed E-state index contributed by atoms with van der Waals surface area (Å²) in [7, 11) is 1.65. The highest BCUT2D eigenvalue weighted by molar-refractivity contribution is 5.95. The molecule has 0 saturated heterocycles. The molecule has 26 heavy (non-hydrogen) atoms. The van der Waals surface area contributed by atoms with Gasteiger partial charge in [0.15, 0.2) is 0 Å². The van der Waals surface area contributed by atoms with E-state index in [4.69, 9.17) is 4.74 Å². The minimum absolute atomic E-state index is 0.0511. The first kappa shape index (κ1) is 19.5.